The number of sulfone groups is 1. The minimum Gasteiger partial charge on any atom is -0.450 e. The van der Waals surface area contributed by atoms with Crippen LogP contribution >= 0.6 is 0 Å². The number of hydrogen-bond acceptors (Lipinski definition) is 6. The summed E-state index contributed by atoms with van der Waals surface area (Å²) in [7, 11) is -3.84. The van der Waals surface area contributed by atoms with E-state index in [2.05, 4.69) is 0 Å². The summed E-state index contributed by atoms with van der Waals surface area (Å²) < 4.78 is 29.9. The molecule has 1 saturated heterocycles. The van der Waals surface area contributed by atoms with Gasteiger partial charge in [0.1, 0.15) is 6.07 Å². The summed E-state index contributed by atoms with van der Waals surface area (Å²) in [6.07, 6.45) is 0.976. The number of amides is 1. The van der Waals surface area contributed by atoms with E-state index in [1.165, 1.54) is 18.3 Å². The van der Waals surface area contributed by atoms with Crippen molar-refractivity contribution in [2.75, 3.05) is 32.8 Å². The first-order chi connectivity index (χ1) is 11.5. The van der Waals surface area contributed by atoms with Gasteiger partial charge in [0, 0.05) is 32.4 Å². The van der Waals surface area contributed by atoms with Crippen molar-refractivity contribution < 1.29 is 17.9 Å². The van der Waals surface area contributed by atoms with Crippen LogP contribution in [0.1, 0.15) is 6.92 Å². The van der Waals surface area contributed by atoms with Gasteiger partial charge in [-0.1, -0.05) is 18.2 Å². The number of nitrogens with zero attached hydrogens (tertiary/aromatic N) is 3. The molecule has 0 aromatic heterocycles. The Morgan fingerprint density at radius 1 is 1.25 bits per heavy atom. The third-order valence-corrected chi connectivity index (χ3v) is 5.26. The Bertz CT molecular complexity index is 745. The van der Waals surface area contributed by atoms with E-state index in [0.717, 1.165) is 0 Å². The van der Waals surface area contributed by atoms with Gasteiger partial charge in [-0.3, -0.25) is 0 Å². The molecule has 24 heavy (non-hydrogen) atoms. The lowest BCUT2D eigenvalue weighted by Gasteiger charge is -2.33. The molecule has 8 heteroatoms. The zero-order valence-corrected chi connectivity index (χ0v) is 14.2. The SMILES string of the molecule is CCOC(=O)N1CCN(/C=C(\C#N)S(=O)(=O)c2ccccc2)CC1. The van der Waals surface area contributed by atoms with Crippen LogP contribution in [-0.4, -0.2) is 57.1 Å². The summed E-state index contributed by atoms with van der Waals surface area (Å²) in [6, 6.07) is 9.62. The van der Waals surface area contributed by atoms with E-state index in [4.69, 9.17) is 4.74 Å². The largest absolute Gasteiger partial charge is 0.450 e. The van der Waals surface area contributed by atoms with E-state index in [1.807, 2.05) is 0 Å². The quantitative estimate of drug-likeness (QED) is 0.767. The van der Waals surface area contributed by atoms with Crippen LogP contribution in [-0.2, 0) is 14.6 Å². The molecule has 1 amide bonds. The predicted octanol–water partition coefficient (Wildman–Crippen LogP) is 1.60. The molecular weight excluding hydrogens is 330 g/mol. The zero-order valence-electron chi connectivity index (χ0n) is 13.4. The number of benzene rings is 1. The van der Waals surface area contributed by atoms with Gasteiger partial charge in [-0.15, -0.1) is 0 Å². The van der Waals surface area contributed by atoms with Crippen LogP contribution in [0.2, 0.25) is 0 Å². The van der Waals surface area contributed by atoms with Gasteiger partial charge in [0.25, 0.3) is 0 Å². The topological polar surface area (TPSA) is 90.7 Å². The number of ether oxygens (including phenoxy) is 1. The lowest BCUT2D eigenvalue weighted by molar-refractivity contribution is 0.0890. The fourth-order valence-electron chi connectivity index (χ4n) is 2.30. The fourth-order valence-corrected chi connectivity index (χ4v) is 3.48. The fraction of sp³-hybridized carbons (Fsp3) is 0.375. The Balaban J connectivity index is 2.10. The summed E-state index contributed by atoms with van der Waals surface area (Å²) in [5.41, 5.74) is 0. The number of allylic oxidation sites excluding steroid dienone is 1. The van der Waals surface area contributed by atoms with E-state index in [1.54, 1.807) is 41.0 Å². The first-order valence-electron chi connectivity index (χ1n) is 7.57. The van der Waals surface area contributed by atoms with Crippen LogP contribution in [0, 0.1) is 11.3 Å². The monoisotopic (exact) mass is 349 g/mol. The second-order valence-corrected chi connectivity index (χ2v) is 7.06. The minimum absolute atomic E-state index is 0.0861. The van der Waals surface area contributed by atoms with Crippen LogP contribution in [0.5, 0.6) is 0 Å². The third-order valence-electron chi connectivity index (χ3n) is 3.59. The molecule has 1 aliphatic rings. The van der Waals surface area contributed by atoms with Gasteiger partial charge in [0.15, 0.2) is 4.91 Å². The van der Waals surface area contributed by atoms with Gasteiger partial charge in [0.05, 0.1) is 11.5 Å². The number of hydrogen-bond donors (Lipinski definition) is 0. The molecular formula is C16H19N3O4S. The lowest BCUT2D eigenvalue weighted by Crippen LogP contribution is -2.47. The molecule has 0 N–H and O–H groups in total. The summed E-state index contributed by atoms with van der Waals surface area (Å²) in [5, 5.41) is 9.26. The number of carbonyl (C=O) groups is 1. The molecule has 0 atom stereocenters. The Hall–Kier alpha value is -2.53. The molecule has 1 aromatic rings. The summed E-state index contributed by atoms with van der Waals surface area (Å²) in [5.74, 6) is 0. The Morgan fingerprint density at radius 3 is 2.42 bits per heavy atom. The van der Waals surface area contributed by atoms with Crippen LogP contribution in [0.3, 0.4) is 0 Å². The highest BCUT2D eigenvalue weighted by Gasteiger charge is 2.24. The molecule has 0 unspecified atom stereocenters. The average molecular weight is 349 g/mol. The summed E-state index contributed by atoms with van der Waals surface area (Å²) in [4.78, 5) is 14.7. The summed E-state index contributed by atoms with van der Waals surface area (Å²) in [6.45, 7) is 3.76. The molecule has 0 radical (unpaired) electrons. The van der Waals surface area contributed by atoms with Crippen LogP contribution < -0.4 is 0 Å². The van der Waals surface area contributed by atoms with Crippen molar-refractivity contribution in [3.05, 3.63) is 41.4 Å². The third kappa shape index (κ3) is 4.06. The lowest BCUT2D eigenvalue weighted by atomic mass is 10.3. The molecule has 0 bridgehead atoms. The molecule has 1 aliphatic heterocycles. The maximum absolute atomic E-state index is 12.5. The minimum atomic E-state index is -3.84. The molecule has 0 saturated carbocycles. The van der Waals surface area contributed by atoms with Gasteiger partial charge in [-0.05, 0) is 19.1 Å². The molecule has 128 valence electrons. The highest BCUT2D eigenvalue weighted by atomic mass is 32.2. The first kappa shape index (κ1) is 17.8. The molecule has 1 fully saturated rings. The van der Waals surface area contributed by atoms with Crippen molar-refractivity contribution in [1.82, 2.24) is 9.80 Å². The van der Waals surface area contributed by atoms with Crippen molar-refractivity contribution in [1.29, 1.82) is 5.26 Å². The van der Waals surface area contributed by atoms with Gasteiger partial charge >= 0.3 is 6.09 Å². The van der Waals surface area contributed by atoms with Gasteiger partial charge in [0.2, 0.25) is 9.84 Å². The number of nitriles is 1. The van der Waals surface area contributed by atoms with Gasteiger partial charge in [-0.25, -0.2) is 13.2 Å². The number of carbonyl (C=O) groups excluding carboxylic acids is 1. The second kappa shape index (κ2) is 7.84. The van der Waals surface area contributed by atoms with E-state index in [9.17, 15) is 18.5 Å². The Morgan fingerprint density at radius 2 is 1.88 bits per heavy atom. The van der Waals surface area contributed by atoms with E-state index < -0.39 is 9.84 Å². The van der Waals surface area contributed by atoms with Crippen molar-refractivity contribution >= 4 is 15.9 Å². The van der Waals surface area contributed by atoms with E-state index in [-0.39, 0.29) is 15.9 Å². The molecule has 2 rings (SSSR count). The van der Waals surface area contributed by atoms with Gasteiger partial charge < -0.3 is 14.5 Å². The smallest absolute Gasteiger partial charge is 0.409 e. The molecule has 1 heterocycles. The predicted molar refractivity (Wildman–Crippen MR) is 87.5 cm³/mol. The maximum atomic E-state index is 12.5. The van der Waals surface area contributed by atoms with Crippen LogP contribution in [0.25, 0.3) is 0 Å². The van der Waals surface area contributed by atoms with Crippen molar-refractivity contribution in [3.8, 4) is 6.07 Å². The highest BCUT2D eigenvalue weighted by molar-refractivity contribution is 7.95. The molecule has 0 aliphatic carbocycles. The first-order valence-corrected chi connectivity index (χ1v) is 9.05. The van der Waals surface area contributed by atoms with Crippen LogP contribution in [0.15, 0.2) is 46.3 Å². The zero-order chi connectivity index (χ0) is 17.6. The Labute approximate surface area is 141 Å². The Kier molecular flexibility index (Phi) is 5.82. The summed E-state index contributed by atoms with van der Waals surface area (Å²) >= 11 is 0. The normalized spacial score (nSPS) is 15.8. The van der Waals surface area contributed by atoms with Crippen molar-refractivity contribution in [2.45, 2.75) is 11.8 Å². The average Bonchev–Trinajstić information content (AvgIpc) is 2.61. The highest BCUT2D eigenvalue weighted by Crippen LogP contribution is 2.19. The number of piperazine rings is 1. The van der Waals surface area contributed by atoms with E-state index in [0.29, 0.717) is 32.8 Å². The molecule has 1 aromatic carbocycles. The standard InChI is InChI=1S/C16H19N3O4S/c1-2-23-16(20)19-10-8-18(9-11-19)13-15(12-17)24(21,22)14-6-4-3-5-7-14/h3-7,13H,2,8-11H2,1H3/b15-13+. The van der Waals surface area contributed by atoms with Crippen molar-refractivity contribution in [3.63, 3.8) is 0 Å². The second-order valence-electron chi connectivity index (χ2n) is 5.14. The maximum Gasteiger partial charge on any atom is 0.409 e. The molecule has 7 nitrogen and oxygen atoms in total. The van der Waals surface area contributed by atoms with Gasteiger partial charge in [-0.2, -0.15) is 5.26 Å². The number of rotatable bonds is 4. The van der Waals surface area contributed by atoms with E-state index >= 15 is 0 Å². The van der Waals surface area contributed by atoms with Crippen LogP contribution in [0.4, 0.5) is 4.79 Å². The molecule has 0 spiro atoms. The van der Waals surface area contributed by atoms with Crippen molar-refractivity contribution in [2.24, 2.45) is 0 Å².